The molecule has 0 aromatic heterocycles. The topological polar surface area (TPSA) is 109 Å². The summed E-state index contributed by atoms with van der Waals surface area (Å²) >= 11 is 0. The van der Waals surface area contributed by atoms with E-state index in [-0.39, 0.29) is 43.8 Å². The Bertz CT molecular complexity index is 422. The summed E-state index contributed by atoms with van der Waals surface area (Å²) in [6.45, 7) is 3.87. The second-order valence-corrected chi connectivity index (χ2v) is 8.37. The zero-order valence-electron chi connectivity index (χ0n) is 14.2. The third-order valence-electron chi connectivity index (χ3n) is 3.36. The van der Waals surface area contributed by atoms with E-state index >= 15 is 0 Å². The van der Waals surface area contributed by atoms with Gasteiger partial charge in [-0.05, 0) is 12.8 Å². The second-order valence-electron chi connectivity index (χ2n) is 5.10. The van der Waals surface area contributed by atoms with Crippen LogP contribution < -0.4 is 29.6 Å². The Balaban J connectivity index is -0.00000180. The van der Waals surface area contributed by atoms with Gasteiger partial charge < -0.3 is 1.43 Å². The third-order valence-corrected chi connectivity index (χ3v) is 6.20. The van der Waals surface area contributed by atoms with Crippen LogP contribution in [0.5, 0.6) is 0 Å². The molecule has 6 nitrogen and oxygen atoms in total. The molecule has 2 unspecified atom stereocenters. The molecule has 0 fully saturated rings. The van der Waals surface area contributed by atoms with Crippen LogP contribution in [0.4, 0.5) is 0 Å². The summed E-state index contributed by atoms with van der Waals surface area (Å²) in [5.41, 5.74) is 0. The predicted octanol–water partition coefficient (Wildman–Crippen LogP) is -0.224. The molecular formula is C12H27NaO6S2. The third kappa shape index (κ3) is 10.3. The summed E-state index contributed by atoms with van der Waals surface area (Å²) in [5.74, 6) is 0. The van der Waals surface area contributed by atoms with Crippen LogP contribution in [0.3, 0.4) is 0 Å². The van der Waals surface area contributed by atoms with E-state index in [0.29, 0.717) is 12.8 Å². The van der Waals surface area contributed by atoms with Gasteiger partial charge >= 0.3 is 29.6 Å². The molecule has 2 atom stereocenters. The van der Waals surface area contributed by atoms with Crippen molar-refractivity contribution in [3.63, 3.8) is 0 Å². The normalized spacial score (nSPS) is 15.2. The maximum atomic E-state index is 11.4. The number of hydrogen-bond donors (Lipinski definition) is 2. The molecule has 0 heterocycles. The van der Waals surface area contributed by atoms with Gasteiger partial charge in [-0.1, -0.05) is 52.4 Å². The molecule has 21 heavy (non-hydrogen) atoms. The van der Waals surface area contributed by atoms with Crippen LogP contribution in [-0.2, 0) is 20.2 Å². The summed E-state index contributed by atoms with van der Waals surface area (Å²) in [7, 11) is -9.01. The van der Waals surface area contributed by atoms with E-state index in [2.05, 4.69) is 0 Å². The fraction of sp³-hybridized carbons (Fsp3) is 1.00. The van der Waals surface area contributed by atoms with Gasteiger partial charge in [0.1, 0.15) is 10.5 Å². The first-order chi connectivity index (χ1) is 9.14. The summed E-state index contributed by atoms with van der Waals surface area (Å²) < 4.78 is 64.2. The Kier molecular flexibility index (Phi) is 13.0. The zero-order valence-corrected chi connectivity index (χ0v) is 16.8. The van der Waals surface area contributed by atoms with Crippen LogP contribution in [0, 0.1) is 0 Å². The maximum absolute atomic E-state index is 11.4. The molecule has 9 heteroatoms. The minimum absolute atomic E-state index is 0. The van der Waals surface area contributed by atoms with Gasteiger partial charge in [0, 0.05) is 0 Å². The summed E-state index contributed by atoms with van der Waals surface area (Å²) in [5, 5.41) is -2.89. The fourth-order valence-corrected chi connectivity index (χ4v) is 5.06. The van der Waals surface area contributed by atoms with Crippen LogP contribution >= 0.6 is 0 Å². The Morgan fingerprint density at radius 1 is 0.762 bits per heavy atom. The van der Waals surface area contributed by atoms with E-state index in [9.17, 15) is 25.9 Å². The molecule has 0 saturated carbocycles. The largest absolute Gasteiger partial charge is 1.00 e. The number of rotatable bonds is 11. The van der Waals surface area contributed by atoms with Crippen LogP contribution in [0.25, 0.3) is 0 Å². The Morgan fingerprint density at radius 3 is 1.24 bits per heavy atom. The summed E-state index contributed by atoms with van der Waals surface area (Å²) in [6, 6.07) is 0. The van der Waals surface area contributed by atoms with Gasteiger partial charge in [-0.3, -0.25) is 9.11 Å². The Labute approximate surface area is 152 Å². The van der Waals surface area contributed by atoms with Gasteiger partial charge in [0.25, 0.3) is 20.2 Å². The van der Waals surface area contributed by atoms with E-state index in [1.807, 2.05) is 13.8 Å². The first-order valence-electron chi connectivity index (χ1n) is 7.07. The zero-order chi connectivity index (χ0) is 15.8. The predicted molar refractivity (Wildman–Crippen MR) is 80.1 cm³/mol. The van der Waals surface area contributed by atoms with Crippen molar-refractivity contribution in [2.24, 2.45) is 0 Å². The van der Waals surface area contributed by atoms with E-state index < -0.39 is 30.7 Å². The van der Waals surface area contributed by atoms with E-state index in [1.165, 1.54) is 0 Å². The molecule has 0 spiro atoms. The smallest absolute Gasteiger partial charge is 1.00 e. The van der Waals surface area contributed by atoms with Gasteiger partial charge in [-0.15, -0.1) is 0 Å². The molecule has 0 rings (SSSR count). The van der Waals surface area contributed by atoms with Gasteiger partial charge in [0.05, 0.1) is 0 Å². The van der Waals surface area contributed by atoms with E-state index in [0.717, 1.165) is 25.7 Å². The minimum atomic E-state index is -4.50. The molecule has 0 bridgehead atoms. The Hall–Kier alpha value is 0.820. The molecule has 0 aliphatic carbocycles. The number of unbranched alkanes of at least 4 members (excludes halogenated alkanes) is 4. The molecule has 124 valence electrons. The molecule has 0 amide bonds. The van der Waals surface area contributed by atoms with Crippen LogP contribution in [0.1, 0.15) is 66.6 Å². The van der Waals surface area contributed by atoms with Crippen molar-refractivity contribution in [3.8, 4) is 0 Å². The van der Waals surface area contributed by atoms with Crippen LogP contribution in [0.15, 0.2) is 0 Å². The van der Waals surface area contributed by atoms with Crippen molar-refractivity contribution in [3.05, 3.63) is 0 Å². The molecular weight excluding hydrogens is 327 g/mol. The van der Waals surface area contributed by atoms with Crippen molar-refractivity contribution in [2.45, 2.75) is 75.7 Å². The molecule has 0 aliphatic heterocycles. The van der Waals surface area contributed by atoms with E-state index in [4.69, 9.17) is 0 Å². The molecule has 0 saturated heterocycles. The molecule has 0 aromatic carbocycles. The summed E-state index contributed by atoms with van der Waals surface area (Å²) in [4.78, 5) is 0. The van der Waals surface area contributed by atoms with E-state index in [1.54, 1.807) is 0 Å². The first-order valence-corrected chi connectivity index (χ1v) is 10.1. The van der Waals surface area contributed by atoms with Crippen LogP contribution in [-0.4, -0.2) is 36.4 Å². The molecule has 0 aromatic rings. The van der Waals surface area contributed by atoms with Crippen molar-refractivity contribution < 1.29 is 56.9 Å². The maximum Gasteiger partial charge on any atom is 1.00 e. The van der Waals surface area contributed by atoms with Gasteiger partial charge in [0.15, 0.2) is 0 Å². The van der Waals surface area contributed by atoms with Gasteiger partial charge in [-0.25, -0.2) is 0 Å². The molecule has 0 radical (unpaired) electrons. The number of hydrogen-bond acceptors (Lipinski definition) is 4. The van der Waals surface area contributed by atoms with Crippen molar-refractivity contribution in [2.75, 3.05) is 0 Å². The SMILES string of the molecule is CCCCCC(C(CCCCC)S(=O)(=O)O)S(=O)(=O)O.[H-].[Na+]. The summed E-state index contributed by atoms with van der Waals surface area (Å²) in [6.07, 6.45) is 4.29. The average molecular weight is 354 g/mol. The van der Waals surface area contributed by atoms with Crippen LogP contribution in [0.2, 0.25) is 0 Å². The standard InChI is InChI=1S/C12H26O6S2.Na.H/c1-3-5-7-9-11(19(13,14)15)12(20(16,17)18)10-8-6-4-2;;/h11-12H,3-10H2,1-2H3,(H,13,14,15)(H,16,17,18);;/q;+1;-1. The van der Waals surface area contributed by atoms with Gasteiger partial charge in [0.2, 0.25) is 0 Å². The average Bonchev–Trinajstić information content (AvgIpc) is 2.29. The van der Waals surface area contributed by atoms with Crippen molar-refractivity contribution in [1.82, 2.24) is 0 Å². The fourth-order valence-electron chi connectivity index (χ4n) is 2.24. The molecule has 0 aliphatic rings. The van der Waals surface area contributed by atoms with Crippen molar-refractivity contribution >= 4 is 20.2 Å². The first kappa shape index (κ1) is 24.1. The van der Waals surface area contributed by atoms with Gasteiger partial charge in [-0.2, -0.15) is 16.8 Å². The minimum Gasteiger partial charge on any atom is -1.00 e. The van der Waals surface area contributed by atoms with Crippen molar-refractivity contribution in [1.29, 1.82) is 0 Å². The quantitative estimate of drug-likeness (QED) is 0.302. The monoisotopic (exact) mass is 354 g/mol. The molecule has 2 N–H and O–H groups in total. The second kappa shape index (κ2) is 11.4. The Morgan fingerprint density at radius 2 is 1.05 bits per heavy atom.